The van der Waals surface area contributed by atoms with E-state index in [1.165, 1.54) is 51.4 Å². The Labute approximate surface area is 258 Å². The Balaban J connectivity index is 2.72. The molecule has 0 aliphatic heterocycles. The maximum absolute atomic E-state index is 13.2. The number of carbonyl (C=O) groups excluding carboxylic acids is 3. The van der Waals surface area contributed by atoms with E-state index in [-0.39, 0.29) is 31.6 Å². The minimum Gasteiger partial charge on any atom is -0.481 e. The van der Waals surface area contributed by atoms with E-state index in [1.54, 1.807) is 20.8 Å². The Hall–Kier alpha value is -3.10. The lowest BCUT2D eigenvalue weighted by atomic mass is 10.0. The van der Waals surface area contributed by atoms with Gasteiger partial charge in [0, 0.05) is 13.0 Å². The van der Waals surface area contributed by atoms with Gasteiger partial charge in [-0.15, -0.1) is 0 Å². The Bertz CT molecular complexity index is 930. The molecule has 1 rings (SSSR count). The molecular formula is C34H56N2O7. The Morgan fingerprint density at radius 3 is 1.95 bits per heavy atom. The predicted molar refractivity (Wildman–Crippen MR) is 169 cm³/mol. The SMILES string of the molecule is CCCCCCCCCCCCC[C@@H](CC(=O)NCc1ccccc1)OC(=O)[C@H](CCCC(=O)O)NC(=O)OC(C)(C)C. The summed E-state index contributed by atoms with van der Waals surface area (Å²) < 4.78 is 11.1. The fraction of sp³-hybridized carbons (Fsp3) is 0.706. The van der Waals surface area contributed by atoms with Gasteiger partial charge in [-0.3, -0.25) is 9.59 Å². The summed E-state index contributed by atoms with van der Waals surface area (Å²) in [4.78, 5) is 49.5. The van der Waals surface area contributed by atoms with Gasteiger partial charge in [0.1, 0.15) is 17.7 Å². The Morgan fingerprint density at radius 2 is 1.40 bits per heavy atom. The zero-order valence-electron chi connectivity index (χ0n) is 27.0. The largest absolute Gasteiger partial charge is 0.481 e. The second-order valence-corrected chi connectivity index (χ2v) is 12.3. The van der Waals surface area contributed by atoms with Gasteiger partial charge in [0.25, 0.3) is 0 Å². The van der Waals surface area contributed by atoms with E-state index in [2.05, 4.69) is 17.6 Å². The number of alkyl carbamates (subject to hydrolysis) is 1. The molecule has 0 aliphatic rings. The van der Waals surface area contributed by atoms with Crippen LogP contribution in [-0.4, -0.2) is 46.8 Å². The number of hydrogen-bond donors (Lipinski definition) is 3. The van der Waals surface area contributed by atoms with Crippen LogP contribution in [0.5, 0.6) is 0 Å². The number of esters is 1. The standard InChI is InChI=1S/C34H56N2O7/c1-5-6-7-8-9-10-11-12-13-14-18-22-28(25-30(37)35-26-27-20-16-15-17-21-27)42-32(40)29(23-19-24-31(38)39)36-33(41)43-34(2,3)4/h15-17,20-21,28-29H,5-14,18-19,22-26H2,1-4H3,(H,35,37)(H,36,41)(H,38,39)/t28-,29-/m0/s1. The summed E-state index contributed by atoms with van der Waals surface area (Å²) >= 11 is 0. The number of unbranched alkanes of at least 4 members (excludes halogenated alkanes) is 10. The fourth-order valence-corrected chi connectivity index (χ4v) is 4.72. The normalized spacial score (nSPS) is 12.7. The summed E-state index contributed by atoms with van der Waals surface area (Å²) in [6, 6.07) is 8.48. The van der Waals surface area contributed by atoms with E-state index in [4.69, 9.17) is 14.6 Å². The molecule has 43 heavy (non-hydrogen) atoms. The van der Waals surface area contributed by atoms with Crippen LogP contribution in [0.3, 0.4) is 0 Å². The monoisotopic (exact) mass is 604 g/mol. The highest BCUT2D eigenvalue weighted by Gasteiger charge is 2.28. The third-order valence-corrected chi connectivity index (χ3v) is 7.02. The number of rotatable bonds is 23. The number of nitrogens with one attached hydrogen (secondary N) is 2. The first-order valence-corrected chi connectivity index (χ1v) is 16.2. The van der Waals surface area contributed by atoms with Crippen molar-refractivity contribution in [2.45, 2.75) is 155 Å². The lowest BCUT2D eigenvalue weighted by Crippen LogP contribution is -2.45. The van der Waals surface area contributed by atoms with Crippen LogP contribution in [0.25, 0.3) is 0 Å². The molecule has 0 heterocycles. The van der Waals surface area contributed by atoms with Gasteiger partial charge in [-0.1, -0.05) is 101 Å². The topological polar surface area (TPSA) is 131 Å². The molecule has 0 radical (unpaired) electrons. The molecule has 0 saturated heterocycles. The van der Waals surface area contributed by atoms with Gasteiger partial charge < -0.3 is 25.2 Å². The van der Waals surface area contributed by atoms with Crippen molar-refractivity contribution >= 4 is 23.9 Å². The van der Waals surface area contributed by atoms with E-state index < -0.39 is 35.8 Å². The van der Waals surface area contributed by atoms with Crippen molar-refractivity contribution in [1.82, 2.24) is 10.6 Å². The average molecular weight is 605 g/mol. The fourth-order valence-electron chi connectivity index (χ4n) is 4.72. The number of benzene rings is 1. The van der Waals surface area contributed by atoms with Crippen LogP contribution in [0.2, 0.25) is 0 Å². The number of ether oxygens (including phenoxy) is 2. The zero-order valence-corrected chi connectivity index (χ0v) is 27.0. The minimum absolute atomic E-state index is 0.00458. The molecule has 9 nitrogen and oxygen atoms in total. The molecule has 1 aromatic rings. The first-order chi connectivity index (χ1) is 20.5. The number of carbonyl (C=O) groups is 4. The molecule has 1 aromatic carbocycles. The maximum Gasteiger partial charge on any atom is 0.408 e. The molecule has 9 heteroatoms. The first kappa shape index (κ1) is 37.9. The summed E-state index contributed by atoms with van der Waals surface area (Å²) in [5.74, 6) is -1.92. The minimum atomic E-state index is -1.08. The van der Waals surface area contributed by atoms with E-state index >= 15 is 0 Å². The third-order valence-electron chi connectivity index (χ3n) is 7.02. The number of aliphatic carboxylic acids is 1. The summed E-state index contributed by atoms with van der Waals surface area (Å²) in [7, 11) is 0. The molecule has 0 bridgehead atoms. The van der Waals surface area contributed by atoms with Gasteiger partial charge in [-0.05, 0) is 52.0 Å². The van der Waals surface area contributed by atoms with Gasteiger partial charge >= 0.3 is 18.0 Å². The van der Waals surface area contributed by atoms with Crippen LogP contribution in [0.4, 0.5) is 4.79 Å². The molecular weight excluding hydrogens is 548 g/mol. The number of carboxylic acids is 1. The Kier molecular flexibility index (Phi) is 19.8. The van der Waals surface area contributed by atoms with Crippen molar-refractivity contribution in [3.8, 4) is 0 Å². The van der Waals surface area contributed by atoms with Gasteiger partial charge in [0.05, 0.1) is 6.42 Å². The predicted octanol–water partition coefficient (Wildman–Crippen LogP) is 7.45. The molecule has 244 valence electrons. The summed E-state index contributed by atoms with van der Waals surface area (Å²) in [6.45, 7) is 7.73. The highest BCUT2D eigenvalue weighted by molar-refractivity contribution is 5.82. The Morgan fingerprint density at radius 1 is 0.814 bits per heavy atom. The van der Waals surface area contributed by atoms with Gasteiger partial charge in [-0.25, -0.2) is 9.59 Å². The van der Waals surface area contributed by atoms with Crippen LogP contribution < -0.4 is 10.6 Å². The van der Waals surface area contributed by atoms with Gasteiger partial charge in [-0.2, -0.15) is 0 Å². The molecule has 2 atom stereocenters. The highest BCUT2D eigenvalue weighted by atomic mass is 16.6. The number of hydrogen-bond acceptors (Lipinski definition) is 6. The zero-order chi connectivity index (χ0) is 31.9. The van der Waals surface area contributed by atoms with Crippen LogP contribution in [0.1, 0.15) is 136 Å². The van der Waals surface area contributed by atoms with Crippen molar-refractivity contribution in [3.05, 3.63) is 35.9 Å². The average Bonchev–Trinajstić information content (AvgIpc) is 2.93. The molecule has 0 fully saturated rings. The van der Waals surface area contributed by atoms with Gasteiger partial charge in [0.2, 0.25) is 5.91 Å². The third kappa shape index (κ3) is 21.3. The molecule has 3 N–H and O–H groups in total. The van der Waals surface area contributed by atoms with Crippen LogP contribution in [0.15, 0.2) is 30.3 Å². The molecule has 0 spiro atoms. The maximum atomic E-state index is 13.2. The van der Waals surface area contributed by atoms with E-state index in [0.717, 1.165) is 24.8 Å². The van der Waals surface area contributed by atoms with Crippen molar-refractivity contribution in [2.75, 3.05) is 0 Å². The summed E-state index contributed by atoms with van der Waals surface area (Å²) in [6.07, 6.45) is 12.2. The number of carboxylic acid groups (broad SMARTS) is 1. The second-order valence-electron chi connectivity index (χ2n) is 12.3. The van der Waals surface area contributed by atoms with Crippen LogP contribution in [-0.2, 0) is 30.4 Å². The second kappa shape index (κ2) is 22.4. The summed E-state index contributed by atoms with van der Waals surface area (Å²) in [5, 5.41) is 14.5. The van der Waals surface area contributed by atoms with Crippen LogP contribution >= 0.6 is 0 Å². The lowest BCUT2D eigenvalue weighted by Gasteiger charge is -2.25. The molecule has 0 unspecified atom stereocenters. The van der Waals surface area contributed by atoms with Crippen molar-refractivity contribution in [1.29, 1.82) is 0 Å². The smallest absolute Gasteiger partial charge is 0.408 e. The van der Waals surface area contributed by atoms with Gasteiger partial charge in [0.15, 0.2) is 0 Å². The van der Waals surface area contributed by atoms with E-state index in [0.29, 0.717) is 13.0 Å². The van der Waals surface area contributed by atoms with Crippen molar-refractivity contribution in [2.24, 2.45) is 0 Å². The van der Waals surface area contributed by atoms with Crippen LogP contribution in [0, 0.1) is 0 Å². The summed E-state index contributed by atoms with van der Waals surface area (Å²) in [5.41, 5.74) is 0.198. The van der Waals surface area contributed by atoms with Crippen molar-refractivity contribution < 1.29 is 33.8 Å². The number of amides is 2. The van der Waals surface area contributed by atoms with E-state index in [1.807, 2.05) is 30.3 Å². The molecule has 0 aliphatic carbocycles. The lowest BCUT2D eigenvalue weighted by molar-refractivity contribution is -0.154. The van der Waals surface area contributed by atoms with E-state index in [9.17, 15) is 19.2 Å². The molecule has 0 saturated carbocycles. The molecule has 0 aromatic heterocycles. The quantitative estimate of drug-likeness (QED) is 0.0873. The van der Waals surface area contributed by atoms with Crippen molar-refractivity contribution in [3.63, 3.8) is 0 Å². The highest BCUT2D eigenvalue weighted by Crippen LogP contribution is 2.17. The first-order valence-electron chi connectivity index (χ1n) is 16.2. The molecule has 2 amide bonds.